The molecule has 4 rings (SSSR count). The molecule has 3 N–H and O–H groups in total. The molecule has 6 nitrogen and oxygen atoms in total. The number of nitrogens with zero attached hydrogens (tertiary/aromatic N) is 4. The number of nitrogens with one attached hydrogen (secondary N) is 1. The Labute approximate surface area is 169 Å². The van der Waals surface area contributed by atoms with Gasteiger partial charge in [-0.2, -0.15) is 0 Å². The van der Waals surface area contributed by atoms with Crippen molar-refractivity contribution in [2.75, 3.05) is 31.1 Å². The van der Waals surface area contributed by atoms with Crippen LogP contribution in [0.5, 0.6) is 0 Å². The number of hydrogen-bond acceptors (Lipinski definition) is 5. The Kier molecular flexibility index (Phi) is 7.08. The first kappa shape index (κ1) is 20.7. The third kappa shape index (κ3) is 3.89. The minimum absolute atomic E-state index is 0. The minimum atomic E-state index is 0. The summed E-state index contributed by atoms with van der Waals surface area (Å²) < 4.78 is 1.98. The lowest BCUT2D eigenvalue weighted by Crippen LogP contribution is -2.44. The fourth-order valence-corrected chi connectivity index (χ4v) is 3.36. The lowest BCUT2D eigenvalue weighted by Gasteiger charge is -2.29. The van der Waals surface area contributed by atoms with E-state index in [0.717, 1.165) is 54.3 Å². The number of benzene rings is 1. The van der Waals surface area contributed by atoms with E-state index in [2.05, 4.69) is 21.3 Å². The van der Waals surface area contributed by atoms with E-state index in [-0.39, 0.29) is 24.8 Å². The lowest BCUT2D eigenvalue weighted by molar-refractivity contribution is 0.585. The number of fused-ring (bicyclic) bond motifs is 1. The molecule has 0 unspecified atom stereocenters. The number of anilines is 1. The van der Waals surface area contributed by atoms with E-state index < -0.39 is 0 Å². The van der Waals surface area contributed by atoms with Crippen LogP contribution in [0.4, 0.5) is 5.82 Å². The standard InChI is InChI=1S/C17H19ClN6.2ClH/c18-15-8-12-7-13(24-11-21-10-14(24)9-19)1-2-16(12)22-17(15)23-5-3-20-4-6-23;;/h1-2,7-8,10-11,20H,3-6,9,19H2;2*1H. The van der Waals surface area contributed by atoms with Gasteiger partial charge in [0, 0.05) is 50.0 Å². The normalized spacial score (nSPS) is 14.0. The minimum Gasteiger partial charge on any atom is -0.353 e. The van der Waals surface area contributed by atoms with Gasteiger partial charge in [0.25, 0.3) is 0 Å². The zero-order valence-electron chi connectivity index (χ0n) is 14.1. The van der Waals surface area contributed by atoms with Gasteiger partial charge >= 0.3 is 0 Å². The number of nitrogens with two attached hydrogens (primary N) is 1. The third-order valence-electron chi connectivity index (χ3n) is 4.35. The van der Waals surface area contributed by atoms with E-state index in [1.54, 1.807) is 12.5 Å². The summed E-state index contributed by atoms with van der Waals surface area (Å²) in [5.41, 5.74) is 8.67. The topological polar surface area (TPSA) is 72.0 Å². The molecule has 1 saturated heterocycles. The van der Waals surface area contributed by atoms with Crippen molar-refractivity contribution in [2.24, 2.45) is 5.73 Å². The van der Waals surface area contributed by atoms with Crippen LogP contribution in [-0.2, 0) is 6.54 Å². The van der Waals surface area contributed by atoms with Crippen molar-refractivity contribution in [3.05, 3.63) is 47.5 Å². The molecule has 1 fully saturated rings. The van der Waals surface area contributed by atoms with Gasteiger partial charge in [-0.25, -0.2) is 9.97 Å². The molecule has 0 saturated carbocycles. The van der Waals surface area contributed by atoms with Crippen LogP contribution in [0.1, 0.15) is 5.69 Å². The highest BCUT2D eigenvalue weighted by Gasteiger charge is 2.16. The number of piperazine rings is 1. The summed E-state index contributed by atoms with van der Waals surface area (Å²) in [5, 5.41) is 5.04. The Morgan fingerprint density at radius 3 is 2.65 bits per heavy atom. The molecule has 0 aliphatic carbocycles. The fourth-order valence-electron chi connectivity index (χ4n) is 3.08. The summed E-state index contributed by atoms with van der Waals surface area (Å²) in [4.78, 5) is 11.2. The first-order valence-corrected chi connectivity index (χ1v) is 8.42. The van der Waals surface area contributed by atoms with Crippen LogP contribution in [0.2, 0.25) is 5.02 Å². The smallest absolute Gasteiger partial charge is 0.148 e. The fraction of sp³-hybridized carbons (Fsp3) is 0.294. The number of aromatic nitrogens is 3. The summed E-state index contributed by atoms with van der Waals surface area (Å²) >= 11 is 6.51. The Bertz CT molecular complexity index is 876. The maximum absolute atomic E-state index is 6.51. The largest absolute Gasteiger partial charge is 0.353 e. The third-order valence-corrected chi connectivity index (χ3v) is 4.63. The monoisotopic (exact) mass is 414 g/mol. The van der Waals surface area contributed by atoms with E-state index in [1.165, 1.54) is 0 Å². The van der Waals surface area contributed by atoms with Crippen molar-refractivity contribution in [2.45, 2.75) is 6.54 Å². The zero-order chi connectivity index (χ0) is 16.5. The summed E-state index contributed by atoms with van der Waals surface area (Å²) in [6, 6.07) is 8.11. The van der Waals surface area contributed by atoms with E-state index in [4.69, 9.17) is 22.3 Å². The Morgan fingerprint density at radius 2 is 1.92 bits per heavy atom. The van der Waals surface area contributed by atoms with Gasteiger partial charge in [-0.1, -0.05) is 11.6 Å². The van der Waals surface area contributed by atoms with Crippen LogP contribution in [0.15, 0.2) is 36.8 Å². The molecule has 3 heterocycles. The highest BCUT2D eigenvalue weighted by atomic mass is 35.5. The molecule has 0 atom stereocenters. The lowest BCUT2D eigenvalue weighted by atomic mass is 10.2. The summed E-state index contributed by atoms with van der Waals surface area (Å²) in [6.07, 6.45) is 3.55. The molecule has 0 radical (unpaired) electrons. The van der Waals surface area contributed by atoms with Gasteiger partial charge in [0.15, 0.2) is 0 Å². The summed E-state index contributed by atoms with van der Waals surface area (Å²) in [7, 11) is 0. The van der Waals surface area contributed by atoms with Crippen LogP contribution in [0, 0.1) is 0 Å². The number of imidazole rings is 1. The summed E-state index contributed by atoms with van der Waals surface area (Å²) in [6.45, 7) is 4.20. The molecule has 1 aliphatic heterocycles. The van der Waals surface area contributed by atoms with Crippen molar-refractivity contribution in [1.29, 1.82) is 0 Å². The second kappa shape index (κ2) is 8.88. The van der Waals surface area contributed by atoms with Gasteiger partial charge < -0.3 is 20.5 Å². The Balaban J connectivity index is 0.00000121. The van der Waals surface area contributed by atoms with Gasteiger partial charge in [0.2, 0.25) is 0 Å². The highest BCUT2D eigenvalue weighted by molar-refractivity contribution is 6.33. The van der Waals surface area contributed by atoms with Crippen LogP contribution in [-0.4, -0.2) is 40.7 Å². The molecule has 3 aromatic rings. The second-order valence-electron chi connectivity index (χ2n) is 5.87. The molecule has 0 amide bonds. The molecule has 1 aromatic carbocycles. The summed E-state index contributed by atoms with van der Waals surface area (Å²) in [5.74, 6) is 0.865. The molecule has 2 aromatic heterocycles. The predicted octanol–water partition coefficient (Wildman–Crippen LogP) is 2.79. The van der Waals surface area contributed by atoms with Gasteiger partial charge in [-0.15, -0.1) is 24.8 Å². The number of pyridine rings is 1. The van der Waals surface area contributed by atoms with Crippen LogP contribution in [0.25, 0.3) is 16.6 Å². The SMILES string of the molecule is Cl.Cl.NCc1cncn1-c1ccc2nc(N3CCNCC3)c(Cl)cc2c1. The average molecular weight is 416 g/mol. The van der Waals surface area contributed by atoms with Crippen molar-refractivity contribution < 1.29 is 0 Å². The molecule has 9 heteroatoms. The van der Waals surface area contributed by atoms with Gasteiger partial charge in [-0.05, 0) is 24.3 Å². The molecular formula is C17H21Cl3N6. The zero-order valence-corrected chi connectivity index (χ0v) is 16.4. The van der Waals surface area contributed by atoms with Crippen molar-refractivity contribution in [1.82, 2.24) is 19.9 Å². The maximum Gasteiger partial charge on any atom is 0.148 e. The van der Waals surface area contributed by atoms with Gasteiger partial charge in [0.05, 0.1) is 22.6 Å². The maximum atomic E-state index is 6.51. The Morgan fingerprint density at radius 1 is 1.15 bits per heavy atom. The second-order valence-corrected chi connectivity index (χ2v) is 6.27. The molecule has 26 heavy (non-hydrogen) atoms. The molecule has 0 bridgehead atoms. The van der Waals surface area contributed by atoms with Crippen LogP contribution >= 0.6 is 36.4 Å². The van der Waals surface area contributed by atoms with E-state index in [1.807, 2.05) is 22.8 Å². The first-order valence-electron chi connectivity index (χ1n) is 8.04. The molecule has 1 aliphatic rings. The van der Waals surface area contributed by atoms with Crippen molar-refractivity contribution in [3.63, 3.8) is 0 Å². The van der Waals surface area contributed by atoms with E-state index in [0.29, 0.717) is 11.6 Å². The van der Waals surface area contributed by atoms with Crippen LogP contribution in [0.3, 0.4) is 0 Å². The number of rotatable bonds is 3. The van der Waals surface area contributed by atoms with Crippen LogP contribution < -0.4 is 16.0 Å². The number of hydrogen-bond donors (Lipinski definition) is 2. The molecular weight excluding hydrogens is 395 g/mol. The predicted molar refractivity (Wildman–Crippen MR) is 111 cm³/mol. The molecule has 0 spiro atoms. The Hall–Kier alpha value is -1.57. The van der Waals surface area contributed by atoms with Gasteiger partial charge in [0.1, 0.15) is 5.82 Å². The average Bonchev–Trinajstić information content (AvgIpc) is 3.10. The molecule has 140 valence electrons. The first-order chi connectivity index (χ1) is 11.8. The van der Waals surface area contributed by atoms with Crippen molar-refractivity contribution in [3.8, 4) is 5.69 Å². The number of halogens is 3. The van der Waals surface area contributed by atoms with Crippen molar-refractivity contribution >= 4 is 53.1 Å². The van der Waals surface area contributed by atoms with E-state index in [9.17, 15) is 0 Å². The van der Waals surface area contributed by atoms with E-state index >= 15 is 0 Å². The van der Waals surface area contributed by atoms with Gasteiger partial charge in [-0.3, -0.25) is 0 Å². The quantitative estimate of drug-likeness (QED) is 0.688. The highest BCUT2D eigenvalue weighted by Crippen LogP contribution is 2.29.